The number of aromatic nitrogens is 4. The number of amides is 2. The molecule has 4 heterocycles. The number of anilines is 4. The second kappa shape index (κ2) is 12.5. The van der Waals surface area contributed by atoms with Crippen LogP contribution in [0.5, 0.6) is 5.75 Å². The van der Waals surface area contributed by atoms with Gasteiger partial charge in [0.05, 0.1) is 18.3 Å². The zero-order chi connectivity index (χ0) is 29.7. The molecule has 1 unspecified atom stereocenters. The molecule has 1 fully saturated rings. The van der Waals surface area contributed by atoms with Crippen molar-refractivity contribution in [1.82, 2.24) is 20.2 Å². The molecular formula is C28H26F3N7O3S. The number of nitrogens with one attached hydrogen (secondary N) is 1. The van der Waals surface area contributed by atoms with Crippen molar-refractivity contribution >= 4 is 45.6 Å². The molecule has 4 aromatic rings. The molecule has 3 aromatic heterocycles. The molecule has 2 amide bonds. The van der Waals surface area contributed by atoms with Gasteiger partial charge >= 0.3 is 6.36 Å². The molecule has 1 aromatic carbocycles. The van der Waals surface area contributed by atoms with Crippen molar-refractivity contribution in [2.45, 2.75) is 38.5 Å². The van der Waals surface area contributed by atoms with Gasteiger partial charge < -0.3 is 15.0 Å². The fraction of sp³-hybridized carbons (Fsp3) is 0.286. The molecule has 1 saturated heterocycles. The van der Waals surface area contributed by atoms with E-state index in [1.165, 1.54) is 41.4 Å². The van der Waals surface area contributed by atoms with Crippen LogP contribution in [0.4, 0.5) is 35.6 Å². The summed E-state index contributed by atoms with van der Waals surface area (Å²) in [5.41, 5.74) is 1.25. The van der Waals surface area contributed by atoms with E-state index in [0.29, 0.717) is 28.9 Å². The van der Waals surface area contributed by atoms with Crippen molar-refractivity contribution in [2.75, 3.05) is 28.2 Å². The van der Waals surface area contributed by atoms with Gasteiger partial charge in [-0.2, -0.15) is 0 Å². The van der Waals surface area contributed by atoms with Crippen molar-refractivity contribution < 1.29 is 27.5 Å². The Morgan fingerprint density at radius 3 is 2.69 bits per heavy atom. The van der Waals surface area contributed by atoms with Gasteiger partial charge in [-0.1, -0.05) is 29.5 Å². The van der Waals surface area contributed by atoms with E-state index >= 15 is 0 Å². The monoisotopic (exact) mass is 597 g/mol. The van der Waals surface area contributed by atoms with Gasteiger partial charge in [-0.25, -0.2) is 14.9 Å². The van der Waals surface area contributed by atoms with Crippen molar-refractivity contribution in [3.05, 3.63) is 77.6 Å². The molecular weight excluding hydrogens is 571 g/mol. The van der Waals surface area contributed by atoms with Crippen LogP contribution in [0.3, 0.4) is 0 Å². The van der Waals surface area contributed by atoms with Gasteiger partial charge in [0, 0.05) is 32.1 Å². The summed E-state index contributed by atoms with van der Waals surface area (Å²) in [6.07, 6.45) is 0.180. The molecule has 0 radical (unpaired) electrons. The molecule has 0 spiro atoms. The number of rotatable bonds is 8. The lowest BCUT2D eigenvalue weighted by Gasteiger charge is -2.33. The van der Waals surface area contributed by atoms with E-state index < -0.39 is 12.3 Å². The highest BCUT2D eigenvalue weighted by Crippen LogP contribution is 2.35. The number of pyridine rings is 2. The average molecular weight is 598 g/mol. The lowest BCUT2D eigenvalue weighted by molar-refractivity contribution is -0.274. The van der Waals surface area contributed by atoms with Gasteiger partial charge in [-0.3, -0.25) is 9.59 Å². The van der Waals surface area contributed by atoms with E-state index in [-0.39, 0.29) is 24.0 Å². The number of piperidine rings is 1. The predicted molar refractivity (Wildman–Crippen MR) is 151 cm³/mol. The number of hydrogen-bond acceptors (Lipinski definition) is 9. The second-order valence-electron chi connectivity index (χ2n) is 9.57. The van der Waals surface area contributed by atoms with Crippen LogP contribution in [-0.4, -0.2) is 51.4 Å². The Morgan fingerprint density at radius 1 is 1.12 bits per heavy atom. The number of ether oxygens (including phenoxy) is 1. The minimum absolute atomic E-state index is 0.110. The number of alkyl halides is 3. The molecule has 14 heteroatoms. The highest BCUT2D eigenvalue weighted by atomic mass is 32.1. The molecule has 5 rings (SSSR count). The van der Waals surface area contributed by atoms with Gasteiger partial charge in [0.1, 0.15) is 22.4 Å². The van der Waals surface area contributed by atoms with Crippen molar-refractivity contribution in [3.63, 3.8) is 0 Å². The maximum absolute atomic E-state index is 12.5. The minimum atomic E-state index is -4.81. The first kappa shape index (κ1) is 28.9. The van der Waals surface area contributed by atoms with Gasteiger partial charge in [0.2, 0.25) is 16.9 Å². The van der Waals surface area contributed by atoms with E-state index in [2.05, 4.69) is 35.1 Å². The molecule has 10 nitrogen and oxygen atoms in total. The van der Waals surface area contributed by atoms with Crippen molar-refractivity contribution in [2.24, 2.45) is 0 Å². The molecule has 1 aliphatic heterocycles. The summed E-state index contributed by atoms with van der Waals surface area (Å²) in [6.45, 7) is 2.96. The van der Waals surface area contributed by atoms with Crippen LogP contribution in [0.1, 0.15) is 36.3 Å². The molecule has 218 valence electrons. The third-order valence-corrected chi connectivity index (χ3v) is 7.53. The summed E-state index contributed by atoms with van der Waals surface area (Å²) in [6, 6.07) is 14.1. The molecule has 1 aliphatic rings. The topological polar surface area (TPSA) is 113 Å². The predicted octanol–water partition coefficient (Wildman–Crippen LogP) is 5.48. The Morgan fingerprint density at radius 2 is 1.98 bits per heavy atom. The number of benzene rings is 1. The number of carbonyl (C=O) groups is 2. The van der Waals surface area contributed by atoms with E-state index in [1.54, 1.807) is 42.7 Å². The largest absolute Gasteiger partial charge is 0.573 e. The zero-order valence-electron chi connectivity index (χ0n) is 22.4. The summed E-state index contributed by atoms with van der Waals surface area (Å²) in [7, 11) is 0. The third-order valence-electron chi connectivity index (χ3n) is 6.46. The molecule has 1 atom stereocenters. The summed E-state index contributed by atoms with van der Waals surface area (Å²) >= 11 is 1.37. The second-order valence-corrected chi connectivity index (χ2v) is 10.6. The van der Waals surface area contributed by atoms with Gasteiger partial charge in [0.25, 0.3) is 0 Å². The first-order valence-electron chi connectivity index (χ1n) is 13.1. The average Bonchev–Trinajstić information content (AvgIpc) is 3.43. The summed E-state index contributed by atoms with van der Waals surface area (Å²) in [5, 5.41) is 12.6. The molecule has 0 bridgehead atoms. The Bertz CT molecular complexity index is 1530. The number of hydrogen-bond donors (Lipinski definition) is 1. The smallest absolute Gasteiger partial charge is 0.406 e. The van der Waals surface area contributed by atoms with Crippen molar-refractivity contribution in [1.29, 1.82) is 0 Å². The normalized spacial score (nSPS) is 15.2. The van der Waals surface area contributed by atoms with E-state index in [4.69, 9.17) is 0 Å². The lowest BCUT2D eigenvalue weighted by Crippen LogP contribution is -2.34. The van der Waals surface area contributed by atoms with Crippen LogP contribution in [0, 0.1) is 0 Å². The van der Waals surface area contributed by atoms with E-state index in [9.17, 15) is 22.8 Å². The van der Waals surface area contributed by atoms with Gasteiger partial charge in [0.15, 0.2) is 0 Å². The summed E-state index contributed by atoms with van der Waals surface area (Å²) in [4.78, 5) is 37.1. The maximum atomic E-state index is 12.5. The van der Waals surface area contributed by atoms with Gasteiger partial charge in [-0.15, -0.1) is 23.4 Å². The lowest BCUT2D eigenvalue weighted by atomic mass is 9.98. The summed E-state index contributed by atoms with van der Waals surface area (Å²) < 4.78 is 41.4. The van der Waals surface area contributed by atoms with Crippen LogP contribution in [0.15, 0.2) is 67.0 Å². The molecule has 1 N–H and O–H groups in total. The number of carbonyl (C=O) groups excluding carboxylic acids is 2. The molecule has 0 saturated carbocycles. The quantitative estimate of drug-likeness (QED) is 0.284. The summed E-state index contributed by atoms with van der Waals surface area (Å²) in [5.74, 6) is -0.0881. The maximum Gasteiger partial charge on any atom is 0.573 e. The highest BCUT2D eigenvalue weighted by molar-refractivity contribution is 7.15. The van der Waals surface area contributed by atoms with E-state index in [0.717, 1.165) is 30.1 Å². The standard InChI is InChI=1S/C28H26F3N7O3S/c1-18(39)38(24-9-2-3-12-32-24)27-36-35-26(42-27)20-7-5-13-37(17-20)21-10-11-23(33-16-21)34-25(40)15-19-6-4-8-22(14-19)41-28(29,30)31/h2-4,6,8-12,14,16,20H,5,7,13,15,17H2,1H3,(H,33,34,40). The van der Waals surface area contributed by atoms with Crippen LogP contribution < -0.4 is 19.9 Å². The zero-order valence-corrected chi connectivity index (χ0v) is 23.2. The molecule has 0 aliphatic carbocycles. The Kier molecular flexibility index (Phi) is 8.61. The SMILES string of the molecule is CC(=O)N(c1ccccn1)c1nnc(C2CCCN(c3ccc(NC(=O)Cc4cccc(OC(F)(F)F)c4)nc3)C2)s1. The Balaban J connectivity index is 1.19. The van der Waals surface area contributed by atoms with Crippen LogP contribution in [0.25, 0.3) is 0 Å². The van der Waals surface area contributed by atoms with Crippen LogP contribution in [0.2, 0.25) is 0 Å². The first-order chi connectivity index (χ1) is 20.1. The Hall–Kier alpha value is -4.59. The van der Waals surface area contributed by atoms with Crippen LogP contribution in [-0.2, 0) is 16.0 Å². The van der Waals surface area contributed by atoms with Crippen LogP contribution >= 0.6 is 11.3 Å². The highest BCUT2D eigenvalue weighted by Gasteiger charge is 2.31. The number of halogens is 3. The first-order valence-corrected chi connectivity index (χ1v) is 13.9. The fourth-order valence-corrected chi connectivity index (χ4v) is 5.67. The molecule has 42 heavy (non-hydrogen) atoms. The third kappa shape index (κ3) is 7.37. The number of nitrogens with zero attached hydrogens (tertiary/aromatic N) is 6. The van der Waals surface area contributed by atoms with Gasteiger partial charge in [-0.05, 0) is 54.8 Å². The van der Waals surface area contributed by atoms with E-state index in [1.807, 2.05) is 6.07 Å². The van der Waals surface area contributed by atoms with Crippen molar-refractivity contribution in [3.8, 4) is 5.75 Å². The fourth-order valence-electron chi connectivity index (χ4n) is 4.65. The minimum Gasteiger partial charge on any atom is -0.406 e. The Labute approximate surface area is 243 Å².